The van der Waals surface area contributed by atoms with Crippen LogP contribution in [0.15, 0.2) is 97.6 Å². The third-order valence-corrected chi connectivity index (χ3v) is 5.21. The predicted molar refractivity (Wildman–Crippen MR) is 121 cm³/mol. The lowest BCUT2D eigenvalue weighted by Crippen LogP contribution is -2.08. The molecule has 146 valence electrons. The van der Waals surface area contributed by atoms with E-state index in [1.165, 1.54) is 5.56 Å². The van der Waals surface area contributed by atoms with E-state index >= 15 is 0 Å². The number of aromatic nitrogens is 4. The number of hydrogen-bond donors (Lipinski definition) is 1. The topological polar surface area (TPSA) is 55.6 Å². The second-order valence-electron chi connectivity index (χ2n) is 7.21. The van der Waals surface area contributed by atoms with Crippen molar-refractivity contribution in [1.29, 1.82) is 0 Å². The zero-order valence-corrected chi connectivity index (χ0v) is 16.6. The smallest absolute Gasteiger partial charge is 0.140 e. The maximum absolute atomic E-state index is 4.82. The van der Waals surface area contributed by atoms with Gasteiger partial charge >= 0.3 is 0 Å². The summed E-state index contributed by atoms with van der Waals surface area (Å²) >= 11 is 0. The number of hydrogen-bond acceptors (Lipinski definition) is 4. The first-order valence-corrected chi connectivity index (χ1v) is 9.94. The molecule has 0 bridgehead atoms. The second kappa shape index (κ2) is 7.79. The summed E-state index contributed by atoms with van der Waals surface area (Å²) in [4.78, 5) is 13.5. The average molecular weight is 391 g/mol. The van der Waals surface area contributed by atoms with Crippen molar-refractivity contribution < 1.29 is 0 Å². The molecule has 1 N–H and O–H groups in total. The Morgan fingerprint density at radius 2 is 1.67 bits per heavy atom. The van der Waals surface area contributed by atoms with Gasteiger partial charge in [0.1, 0.15) is 18.0 Å². The fourth-order valence-corrected chi connectivity index (χ4v) is 3.60. The largest absolute Gasteiger partial charge is 0.363 e. The molecule has 1 atom stereocenters. The summed E-state index contributed by atoms with van der Waals surface area (Å²) < 4.78 is 2.02. The Morgan fingerprint density at radius 3 is 2.50 bits per heavy atom. The number of nitrogens with zero attached hydrogens (tertiary/aromatic N) is 4. The summed E-state index contributed by atoms with van der Waals surface area (Å²) in [5, 5.41) is 3.49. The zero-order chi connectivity index (χ0) is 20.3. The van der Waals surface area contributed by atoms with Gasteiger partial charge in [-0.3, -0.25) is 9.55 Å². The van der Waals surface area contributed by atoms with E-state index < -0.39 is 0 Å². The molecule has 0 aliphatic heterocycles. The molecule has 5 nitrogen and oxygen atoms in total. The molecule has 0 radical (unpaired) electrons. The minimum absolute atomic E-state index is 0.163. The highest BCUT2D eigenvalue weighted by Gasteiger charge is 2.10. The average Bonchev–Trinajstić information content (AvgIpc) is 3.24. The van der Waals surface area contributed by atoms with Gasteiger partial charge in [-0.1, -0.05) is 42.5 Å². The van der Waals surface area contributed by atoms with E-state index in [0.717, 1.165) is 33.8 Å². The molecule has 30 heavy (non-hydrogen) atoms. The van der Waals surface area contributed by atoms with Crippen LogP contribution >= 0.6 is 0 Å². The summed E-state index contributed by atoms with van der Waals surface area (Å²) in [6.45, 7) is 2.14. The highest BCUT2D eigenvalue weighted by Crippen LogP contribution is 2.25. The number of nitrogens with one attached hydrogen (secondary N) is 1. The summed E-state index contributed by atoms with van der Waals surface area (Å²) in [7, 11) is 0. The van der Waals surface area contributed by atoms with Gasteiger partial charge in [0.15, 0.2) is 0 Å². The molecular weight excluding hydrogens is 370 g/mol. The molecule has 0 saturated carbocycles. The fraction of sp³-hybridized carbons (Fsp3) is 0.0800. The molecule has 5 heteroatoms. The Morgan fingerprint density at radius 1 is 0.833 bits per heavy atom. The maximum Gasteiger partial charge on any atom is 0.140 e. The number of imidazole rings is 1. The number of rotatable bonds is 5. The van der Waals surface area contributed by atoms with E-state index in [9.17, 15) is 0 Å². The van der Waals surface area contributed by atoms with Gasteiger partial charge in [0.2, 0.25) is 0 Å². The monoisotopic (exact) mass is 391 g/mol. The Bertz CT molecular complexity index is 1280. The van der Waals surface area contributed by atoms with E-state index in [1.807, 2.05) is 47.3 Å². The van der Waals surface area contributed by atoms with E-state index in [0.29, 0.717) is 0 Å². The van der Waals surface area contributed by atoms with E-state index in [1.54, 1.807) is 12.4 Å². The van der Waals surface area contributed by atoms with Crippen LogP contribution in [0.5, 0.6) is 0 Å². The molecule has 2 aromatic carbocycles. The number of pyridine rings is 2. The Hall–Kier alpha value is -3.99. The molecule has 0 spiro atoms. The number of benzene rings is 2. The molecule has 3 aromatic heterocycles. The SMILES string of the molecule is C[C@H](Nc1cccc(-n2cnc3cc(-c4ccncc4)ccc32)n1)c1ccccc1. The molecule has 5 aromatic rings. The Kier molecular flexibility index (Phi) is 4.69. The quantitative estimate of drug-likeness (QED) is 0.420. The molecule has 0 aliphatic rings. The summed E-state index contributed by atoms with van der Waals surface area (Å²) in [5.41, 5.74) is 5.42. The molecular formula is C25H21N5. The Labute approximate surface area is 175 Å². The minimum Gasteiger partial charge on any atom is -0.363 e. The lowest BCUT2D eigenvalue weighted by Gasteiger charge is -2.15. The first kappa shape index (κ1) is 18.1. The highest BCUT2D eigenvalue weighted by molar-refractivity contribution is 5.83. The van der Waals surface area contributed by atoms with Gasteiger partial charge in [0.25, 0.3) is 0 Å². The van der Waals surface area contributed by atoms with Crippen LogP contribution in [0, 0.1) is 0 Å². The third-order valence-electron chi connectivity index (χ3n) is 5.21. The van der Waals surface area contributed by atoms with Crippen molar-refractivity contribution in [2.24, 2.45) is 0 Å². The first-order valence-electron chi connectivity index (χ1n) is 9.94. The lowest BCUT2D eigenvalue weighted by molar-refractivity contribution is 0.870. The summed E-state index contributed by atoms with van der Waals surface area (Å²) in [6, 6.07) is 26.8. The van der Waals surface area contributed by atoms with Gasteiger partial charge < -0.3 is 5.32 Å². The van der Waals surface area contributed by atoms with Crippen LogP contribution in [0.4, 0.5) is 5.82 Å². The van der Waals surface area contributed by atoms with Crippen LogP contribution in [0.1, 0.15) is 18.5 Å². The van der Waals surface area contributed by atoms with E-state index in [4.69, 9.17) is 4.98 Å². The van der Waals surface area contributed by atoms with Crippen LogP contribution < -0.4 is 5.32 Å². The van der Waals surface area contributed by atoms with Crippen molar-refractivity contribution in [3.8, 4) is 16.9 Å². The predicted octanol–water partition coefficient (Wildman–Crippen LogP) is 5.66. The maximum atomic E-state index is 4.82. The fourth-order valence-electron chi connectivity index (χ4n) is 3.60. The van der Waals surface area contributed by atoms with Crippen molar-refractivity contribution >= 4 is 16.9 Å². The molecule has 0 unspecified atom stereocenters. The molecule has 0 aliphatic carbocycles. The van der Waals surface area contributed by atoms with Crippen molar-refractivity contribution in [3.63, 3.8) is 0 Å². The van der Waals surface area contributed by atoms with E-state index in [-0.39, 0.29) is 6.04 Å². The van der Waals surface area contributed by atoms with Crippen LogP contribution in [0.25, 0.3) is 28.0 Å². The van der Waals surface area contributed by atoms with Crippen LogP contribution in [-0.4, -0.2) is 19.5 Å². The summed E-state index contributed by atoms with van der Waals surface area (Å²) in [5.74, 6) is 1.67. The van der Waals surface area contributed by atoms with Crippen molar-refractivity contribution in [1.82, 2.24) is 19.5 Å². The molecule has 3 heterocycles. The van der Waals surface area contributed by atoms with Gasteiger partial charge in [-0.2, -0.15) is 0 Å². The number of anilines is 1. The molecule has 0 fully saturated rings. The number of fused-ring (bicyclic) bond motifs is 1. The normalized spacial score (nSPS) is 12.0. The van der Waals surface area contributed by atoms with Gasteiger partial charge in [0, 0.05) is 18.4 Å². The minimum atomic E-state index is 0.163. The highest BCUT2D eigenvalue weighted by atomic mass is 15.1. The van der Waals surface area contributed by atoms with E-state index in [2.05, 4.69) is 64.7 Å². The van der Waals surface area contributed by atoms with Crippen molar-refractivity contribution in [2.75, 3.05) is 5.32 Å². The van der Waals surface area contributed by atoms with Gasteiger partial charge in [-0.05, 0) is 60.0 Å². The lowest BCUT2D eigenvalue weighted by atomic mass is 10.1. The molecule has 0 saturated heterocycles. The van der Waals surface area contributed by atoms with Crippen LogP contribution in [-0.2, 0) is 0 Å². The molecule has 5 rings (SSSR count). The van der Waals surface area contributed by atoms with Gasteiger partial charge in [-0.15, -0.1) is 0 Å². The Balaban J connectivity index is 1.45. The first-order chi connectivity index (χ1) is 14.8. The van der Waals surface area contributed by atoms with Crippen molar-refractivity contribution in [3.05, 3.63) is 103 Å². The van der Waals surface area contributed by atoms with Crippen molar-refractivity contribution in [2.45, 2.75) is 13.0 Å². The van der Waals surface area contributed by atoms with Gasteiger partial charge in [-0.25, -0.2) is 9.97 Å². The van der Waals surface area contributed by atoms with Gasteiger partial charge in [0.05, 0.1) is 11.0 Å². The summed E-state index contributed by atoms with van der Waals surface area (Å²) in [6.07, 6.45) is 5.43. The molecule has 0 amide bonds. The second-order valence-corrected chi connectivity index (χ2v) is 7.21. The van der Waals surface area contributed by atoms with Crippen LogP contribution in [0.3, 0.4) is 0 Å². The van der Waals surface area contributed by atoms with Crippen LogP contribution in [0.2, 0.25) is 0 Å². The zero-order valence-electron chi connectivity index (χ0n) is 16.6. The standard InChI is InChI=1S/C25H21N5/c1-18(19-6-3-2-4-7-19)28-24-8-5-9-25(29-24)30-17-27-22-16-21(10-11-23(22)30)20-12-14-26-15-13-20/h2-18H,1H3,(H,28,29)/t18-/m0/s1. The third kappa shape index (κ3) is 3.53.